The minimum absolute atomic E-state index is 0.189. The molecule has 0 amide bonds. The molecule has 1 unspecified atom stereocenters. The number of rotatable bonds is 4. The van der Waals surface area contributed by atoms with Crippen LogP contribution in [0.3, 0.4) is 0 Å². The minimum Gasteiger partial charge on any atom is -0.379 e. The molecule has 1 atom stereocenters. The Balaban J connectivity index is 1.70. The maximum atomic E-state index is 13.3. The average molecular weight is 334 g/mol. The smallest absolute Gasteiger partial charge is 0.193 e. The van der Waals surface area contributed by atoms with Crippen LogP contribution in [0.4, 0.5) is 4.39 Å². The van der Waals surface area contributed by atoms with Crippen molar-refractivity contribution in [3.8, 4) is 0 Å². The van der Waals surface area contributed by atoms with E-state index in [0.717, 1.165) is 57.5 Å². The van der Waals surface area contributed by atoms with Gasteiger partial charge in [0.05, 0.1) is 19.3 Å². The van der Waals surface area contributed by atoms with E-state index in [1.807, 2.05) is 19.2 Å². The Hall–Kier alpha value is -1.66. The number of halogens is 1. The van der Waals surface area contributed by atoms with Crippen LogP contribution < -0.4 is 5.32 Å². The van der Waals surface area contributed by atoms with Crippen LogP contribution in [0, 0.1) is 5.82 Å². The third-order valence-electron chi connectivity index (χ3n) is 4.81. The summed E-state index contributed by atoms with van der Waals surface area (Å²) in [6.07, 6.45) is 2.46. The Kier molecular flexibility index (Phi) is 6.04. The largest absolute Gasteiger partial charge is 0.379 e. The van der Waals surface area contributed by atoms with Crippen LogP contribution in [0.1, 0.15) is 24.4 Å². The number of benzene rings is 1. The second-order valence-corrected chi connectivity index (χ2v) is 6.34. The Labute approximate surface area is 143 Å². The minimum atomic E-state index is -0.194. The number of hydrogen-bond donors (Lipinski definition) is 1. The SMILES string of the molecule is CN=C(NCC(c1ccc(F)cc1)N1CCOCC1)N1CCCC1. The first-order valence-electron chi connectivity index (χ1n) is 8.81. The molecule has 1 aromatic carbocycles. The molecule has 0 bridgehead atoms. The standard InChI is InChI=1S/C18H27FN4O/c1-20-18(23-8-2-3-9-23)21-14-17(22-10-12-24-13-11-22)15-4-6-16(19)7-5-15/h4-7,17H,2-3,8-14H2,1H3,(H,20,21). The Morgan fingerprint density at radius 1 is 1.17 bits per heavy atom. The van der Waals surface area contributed by atoms with Crippen molar-refractivity contribution in [1.82, 2.24) is 15.1 Å². The number of ether oxygens (including phenoxy) is 1. The highest BCUT2D eigenvalue weighted by Gasteiger charge is 2.24. The van der Waals surface area contributed by atoms with Gasteiger partial charge in [0.25, 0.3) is 0 Å². The summed E-state index contributed by atoms with van der Waals surface area (Å²) in [5.74, 6) is 0.771. The van der Waals surface area contributed by atoms with Gasteiger partial charge in [0.2, 0.25) is 0 Å². The molecule has 1 aromatic rings. The summed E-state index contributed by atoms with van der Waals surface area (Å²) < 4.78 is 18.8. The highest BCUT2D eigenvalue weighted by atomic mass is 19.1. The van der Waals surface area contributed by atoms with Gasteiger partial charge >= 0.3 is 0 Å². The molecule has 2 aliphatic rings. The summed E-state index contributed by atoms with van der Waals surface area (Å²) in [4.78, 5) is 9.13. The van der Waals surface area contributed by atoms with Crippen LogP contribution >= 0.6 is 0 Å². The van der Waals surface area contributed by atoms with Crippen LogP contribution in [-0.2, 0) is 4.74 Å². The Morgan fingerprint density at radius 2 is 1.83 bits per heavy atom. The van der Waals surface area contributed by atoms with Crippen molar-refractivity contribution in [3.63, 3.8) is 0 Å². The molecule has 1 N–H and O–H groups in total. The summed E-state index contributed by atoms with van der Waals surface area (Å²) >= 11 is 0. The number of aliphatic imine (C=N–C) groups is 1. The number of morpholine rings is 1. The molecule has 0 aromatic heterocycles. The zero-order valence-corrected chi connectivity index (χ0v) is 14.4. The topological polar surface area (TPSA) is 40.1 Å². The van der Waals surface area contributed by atoms with Gasteiger partial charge in [-0.3, -0.25) is 9.89 Å². The van der Waals surface area contributed by atoms with E-state index in [9.17, 15) is 4.39 Å². The van der Waals surface area contributed by atoms with Gasteiger partial charge in [0.15, 0.2) is 5.96 Å². The molecule has 0 saturated carbocycles. The van der Waals surface area contributed by atoms with Crippen molar-refractivity contribution in [3.05, 3.63) is 35.6 Å². The van der Waals surface area contributed by atoms with Gasteiger partial charge in [-0.2, -0.15) is 0 Å². The van der Waals surface area contributed by atoms with Crippen LogP contribution in [0.25, 0.3) is 0 Å². The lowest BCUT2D eigenvalue weighted by Gasteiger charge is -2.35. The van der Waals surface area contributed by atoms with Crippen LogP contribution in [-0.4, -0.2) is 68.7 Å². The lowest BCUT2D eigenvalue weighted by molar-refractivity contribution is 0.0169. The fourth-order valence-electron chi connectivity index (χ4n) is 3.48. The molecular weight excluding hydrogens is 307 g/mol. The maximum Gasteiger partial charge on any atom is 0.193 e. The first-order chi connectivity index (χ1) is 11.8. The molecule has 2 aliphatic heterocycles. The monoisotopic (exact) mass is 334 g/mol. The normalized spacial score (nSPS) is 21.1. The predicted molar refractivity (Wildman–Crippen MR) is 93.7 cm³/mol. The van der Waals surface area contributed by atoms with Crippen LogP contribution in [0.15, 0.2) is 29.3 Å². The number of likely N-dealkylation sites (tertiary alicyclic amines) is 1. The van der Waals surface area contributed by atoms with E-state index in [0.29, 0.717) is 0 Å². The number of nitrogens with zero attached hydrogens (tertiary/aromatic N) is 3. The lowest BCUT2D eigenvalue weighted by Crippen LogP contribution is -2.47. The lowest BCUT2D eigenvalue weighted by atomic mass is 10.0. The van der Waals surface area contributed by atoms with E-state index in [4.69, 9.17) is 4.74 Å². The predicted octanol–water partition coefficient (Wildman–Crippen LogP) is 1.87. The van der Waals surface area contributed by atoms with E-state index in [1.54, 1.807) is 0 Å². The molecule has 24 heavy (non-hydrogen) atoms. The molecule has 3 rings (SSSR count). The van der Waals surface area contributed by atoms with Crippen LogP contribution in [0.2, 0.25) is 0 Å². The first kappa shape index (κ1) is 17.2. The van der Waals surface area contributed by atoms with E-state index < -0.39 is 0 Å². The van der Waals surface area contributed by atoms with Gasteiger partial charge in [-0.1, -0.05) is 12.1 Å². The molecule has 0 radical (unpaired) electrons. The summed E-state index contributed by atoms with van der Waals surface area (Å²) in [5, 5.41) is 3.52. The summed E-state index contributed by atoms with van der Waals surface area (Å²) in [6, 6.07) is 7.04. The van der Waals surface area contributed by atoms with Crippen molar-refractivity contribution < 1.29 is 9.13 Å². The van der Waals surface area contributed by atoms with E-state index in [2.05, 4.69) is 20.1 Å². The van der Waals surface area contributed by atoms with Crippen molar-refractivity contribution in [2.24, 2.45) is 4.99 Å². The molecule has 2 heterocycles. The Bertz CT molecular complexity index is 536. The summed E-state index contributed by atoms with van der Waals surface area (Å²) in [6.45, 7) is 6.18. The average Bonchev–Trinajstić information content (AvgIpc) is 3.15. The zero-order valence-electron chi connectivity index (χ0n) is 14.4. The van der Waals surface area contributed by atoms with Gasteiger partial charge < -0.3 is 15.0 Å². The van der Waals surface area contributed by atoms with E-state index >= 15 is 0 Å². The van der Waals surface area contributed by atoms with Gasteiger partial charge in [0.1, 0.15) is 5.82 Å². The quantitative estimate of drug-likeness (QED) is 0.674. The molecule has 6 heteroatoms. The molecule has 0 spiro atoms. The fraction of sp³-hybridized carbons (Fsp3) is 0.611. The number of guanidine groups is 1. The third-order valence-corrected chi connectivity index (χ3v) is 4.81. The number of hydrogen-bond acceptors (Lipinski definition) is 3. The molecule has 2 fully saturated rings. The summed E-state index contributed by atoms with van der Waals surface area (Å²) in [5.41, 5.74) is 1.13. The van der Waals surface area contributed by atoms with E-state index in [1.165, 1.54) is 25.0 Å². The van der Waals surface area contributed by atoms with Crippen molar-refractivity contribution >= 4 is 5.96 Å². The highest BCUT2D eigenvalue weighted by Crippen LogP contribution is 2.22. The summed E-state index contributed by atoms with van der Waals surface area (Å²) in [7, 11) is 1.84. The third kappa shape index (κ3) is 4.24. The molecule has 132 valence electrons. The van der Waals surface area contributed by atoms with Gasteiger partial charge in [-0.05, 0) is 30.5 Å². The van der Waals surface area contributed by atoms with E-state index in [-0.39, 0.29) is 11.9 Å². The molecule has 0 aliphatic carbocycles. The molecule has 2 saturated heterocycles. The molecule has 5 nitrogen and oxygen atoms in total. The first-order valence-corrected chi connectivity index (χ1v) is 8.81. The zero-order chi connectivity index (χ0) is 16.8. The highest BCUT2D eigenvalue weighted by molar-refractivity contribution is 5.80. The maximum absolute atomic E-state index is 13.3. The number of nitrogens with one attached hydrogen (secondary N) is 1. The second kappa shape index (κ2) is 8.44. The van der Waals surface area contributed by atoms with Crippen LogP contribution in [0.5, 0.6) is 0 Å². The fourth-order valence-corrected chi connectivity index (χ4v) is 3.48. The molecular formula is C18H27FN4O. The van der Waals surface area contributed by atoms with Crippen molar-refractivity contribution in [2.75, 3.05) is 53.0 Å². The van der Waals surface area contributed by atoms with Gasteiger partial charge in [0, 0.05) is 39.8 Å². The Morgan fingerprint density at radius 3 is 2.46 bits per heavy atom. The van der Waals surface area contributed by atoms with Crippen molar-refractivity contribution in [1.29, 1.82) is 0 Å². The van der Waals surface area contributed by atoms with Gasteiger partial charge in [-0.15, -0.1) is 0 Å². The second-order valence-electron chi connectivity index (χ2n) is 6.34. The van der Waals surface area contributed by atoms with Gasteiger partial charge in [-0.25, -0.2) is 4.39 Å². The van der Waals surface area contributed by atoms with Crippen molar-refractivity contribution in [2.45, 2.75) is 18.9 Å².